The normalized spacial score (nSPS) is 13.9. The third-order valence-corrected chi connectivity index (χ3v) is 8.94. The zero-order valence-corrected chi connectivity index (χ0v) is 24.2. The summed E-state index contributed by atoms with van der Waals surface area (Å²) >= 11 is 7.48. The summed E-state index contributed by atoms with van der Waals surface area (Å²) in [5, 5.41) is 32.6. The van der Waals surface area contributed by atoms with Gasteiger partial charge in [0.1, 0.15) is 11.5 Å². The lowest BCUT2D eigenvalue weighted by atomic mass is 9.72. The summed E-state index contributed by atoms with van der Waals surface area (Å²) in [7, 11) is 0. The quantitative estimate of drug-likeness (QED) is 0.242. The fraction of sp³-hybridized carbons (Fsp3) is 0.310. The lowest BCUT2D eigenvalue weighted by Gasteiger charge is -2.37. The number of esters is 1. The van der Waals surface area contributed by atoms with Gasteiger partial charge >= 0.3 is 11.9 Å². The van der Waals surface area contributed by atoms with Gasteiger partial charge in [-0.2, -0.15) is 0 Å². The molecule has 0 unspecified atom stereocenters. The number of aromatic hydroxyl groups is 2. The largest absolute Gasteiger partial charge is 0.508 e. The number of carbonyl (C=O) groups excluding carboxylic acids is 1. The molecular formula is C29H28Br2O6. The van der Waals surface area contributed by atoms with Gasteiger partial charge in [0.25, 0.3) is 0 Å². The number of carbonyl (C=O) groups is 2. The van der Waals surface area contributed by atoms with Crippen molar-refractivity contribution in [3.63, 3.8) is 0 Å². The third kappa shape index (κ3) is 3.96. The molecule has 3 aromatic carbocycles. The number of hydrogen-bond donors (Lipinski definition) is 3. The minimum Gasteiger partial charge on any atom is -0.508 e. The van der Waals surface area contributed by atoms with Crippen LogP contribution in [0.15, 0.2) is 39.3 Å². The maximum absolute atomic E-state index is 13.5. The van der Waals surface area contributed by atoms with Gasteiger partial charge in [0.05, 0.1) is 11.1 Å². The number of ether oxygens (including phenoxy) is 1. The van der Waals surface area contributed by atoms with Crippen LogP contribution in [-0.2, 0) is 36.0 Å². The zero-order valence-electron chi connectivity index (χ0n) is 21.0. The van der Waals surface area contributed by atoms with E-state index in [1.165, 1.54) is 12.1 Å². The van der Waals surface area contributed by atoms with Gasteiger partial charge in [0.2, 0.25) is 0 Å². The van der Waals surface area contributed by atoms with Gasteiger partial charge in [-0.05, 0) is 61.1 Å². The minimum atomic E-state index is -1.76. The number of aromatic carboxylic acids is 1. The molecule has 1 aliphatic heterocycles. The van der Waals surface area contributed by atoms with Crippen molar-refractivity contribution in [3.8, 4) is 11.5 Å². The third-order valence-electron chi connectivity index (χ3n) is 7.13. The molecule has 0 aromatic heterocycles. The summed E-state index contributed by atoms with van der Waals surface area (Å²) in [4.78, 5) is 26.1. The highest BCUT2D eigenvalue weighted by Crippen LogP contribution is 2.57. The van der Waals surface area contributed by atoms with E-state index in [0.717, 1.165) is 11.1 Å². The summed E-state index contributed by atoms with van der Waals surface area (Å²) in [5.41, 5.74) is 1.93. The molecule has 8 heteroatoms. The molecule has 0 bridgehead atoms. The first-order valence-corrected chi connectivity index (χ1v) is 13.8. The van der Waals surface area contributed by atoms with E-state index in [2.05, 4.69) is 31.9 Å². The Bertz CT molecular complexity index is 1380. The number of hydrogen-bond acceptors (Lipinski definition) is 5. The molecule has 3 N–H and O–H groups in total. The molecule has 4 rings (SSSR count). The Labute approximate surface area is 232 Å². The fourth-order valence-corrected chi connectivity index (χ4v) is 7.27. The number of rotatable bonds is 7. The second-order valence-corrected chi connectivity index (χ2v) is 10.5. The molecule has 3 aromatic rings. The molecule has 0 radical (unpaired) electrons. The zero-order chi connectivity index (χ0) is 27.2. The van der Waals surface area contributed by atoms with Gasteiger partial charge in [-0.3, -0.25) is 0 Å². The van der Waals surface area contributed by atoms with Gasteiger partial charge < -0.3 is 20.1 Å². The Morgan fingerprint density at radius 2 is 1.32 bits per heavy atom. The Morgan fingerprint density at radius 1 is 0.838 bits per heavy atom. The molecule has 1 aliphatic rings. The maximum atomic E-state index is 13.5. The van der Waals surface area contributed by atoms with E-state index in [4.69, 9.17) is 4.74 Å². The molecule has 6 nitrogen and oxygen atoms in total. The molecule has 1 heterocycles. The first kappa shape index (κ1) is 27.2. The fourth-order valence-electron chi connectivity index (χ4n) is 5.44. The van der Waals surface area contributed by atoms with Crippen LogP contribution in [0.4, 0.5) is 0 Å². The predicted molar refractivity (Wildman–Crippen MR) is 148 cm³/mol. The van der Waals surface area contributed by atoms with E-state index in [1.54, 1.807) is 18.2 Å². The van der Waals surface area contributed by atoms with Gasteiger partial charge in [0, 0.05) is 36.8 Å². The molecule has 37 heavy (non-hydrogen) atoms. The van der Waals surface area contributed by atoms with E-state index >= 15 is 0 Å². The van der Waals surface area contributed by atoms with Crippen LogP contribution in [0.25, 0.3) is 0 Å². The SMILES string of the molecule is CCc1cc(O)c(CC)c(C2(c3c(Br)c(CC)cc(O)c3CC)OC(=O)c3cccc(C(=O)O)c32)c1Br. The van der Waals surface area contributed by atoms with Gasteiger partial charge in [-0.15, -0.1) is 0 Å². The van der Waals surface area contributed by atoms with E-state index in [-0.39, 0.29) is 28.2 Å². The summed E-state index contributed by atoms with van der Waals surface area (Å²) in [6.45, 7) is 7.63. The van der Waals surface area contributed by atoms with Crippen LogP contribution in [0.1, 0.15) is 87.4 Å². The number of aryl methyl sites for hydroxylation is 2. The van der Waals surface area contributed by atoms with Crippen LogP contribution in [0, 0.1) is 0 Å². The average Bonchev–Trinajstić information content (AvgIpc) is 3.18. The number of carboxylic acids is 1. The molecule has 0 fully saturated rings. The van der Waals surface area contributed by atoms with E-state index in [1.807, 2.05) is 27.7 Å². The average molecular weight is 632 g/mol. The van der Waals surface area contributed by atoms with Crippen LogP contribution in [0.3, 0.4) is 0 Å². The van der Waals surface area contributed by atoms with Crippen molar-refractivity contribution in [2.75, 3.05) is 0 Å². The smallest absolute Gasteiger partial charge is 0.340 e. The number of fused-ring (bicyclic) bond motifs is 1. The molecule has 0 atom stereocenters. The lowest BCUT2D eigenvalue weighted by molar-refractivity contribution is 0.0235. The van der Waals surface area contributed by atoms with Gasteiger partial charge in [-0.1, -0.05) is 65.6 Å². The van der Waals surface area contributed by atoms with E-state index in [9.17, 15) is 24.9 Å². The number of benzene rings is 3. The standard InChI is InChI=1S/C29H28Br2O6/c1-5-14-12-20(32)16(7-3)23(25(14)30)29(24-17(8-4)21(33)13-15(6-2)26(24)31)22-18(27(34)35)10-9-11-19(22)28(36)37-29/h9-13,32-33H,5-8H2,1-4H3,(H,34,35). The lowest BCUT2D eigenvalue weighted by Crippen LogP contribution is -2.35. The number of phenols is 2. The number of halogens is 2. The first-order chi connectivity index (χ1) is 17.6. The highest BCUT2D eigenvalue weighted by atomic mass is 79.9. The summed E-state index contributed by atoms with van der Waals surface area (Å²) in [5.74, 6) is -1.84. The highest BCUT2D eigenvalue weighted by Gasteiger charge is 2.55. The summed E-state index contributed by atoms with van der Waals surface area (Å²) < 4.78 is 7.58. The van der Waals surface area contributed by atoms with Crippen LogP contribution < -0.4 is 0 Å². The molecule has 0 saturated carbocycles. The second-order valence-electron chi connectivity index (χ2n) is 8.96. The predicted octanol–water partition coefficient (Wildman–Crippen LogP) is 7.03. The van der Waals surface area contributed by atoms with Crippen molar-refractivity contribution >= 4 is 43.8 Å². The number of phenolic OH excluding ortho intramolecular Hbond substituents is 2. The highest BCUT2D eigenvalue weighted by molar-refractivity contribution is 9.11. The molecule has 0 saturated heterocycles. The van der Waals surface area contributed by atoms with Crippen LogP contribution in [0.2, 0.25) is 0 Å². The van der Waals surface area contributed by atoms with Crippen LogP contribution in [-0.4, -0.2) is 27.3 Å². The number of carboxylic acid groups (broad SMARTS) is 1. The van der Waals surface area contributed by atoms with Crippen molar-refractivity contribution in [1.29, 1.82) is 0 Å². The molecule has 0 spiro atoms. The number of cyclic esters (lactones) is 1. The van der Waals surface area contributed by atoms with Crippen LogP contribution in [0.5, 0.6) is 11.5 Å². The van der Waals surface area contributed by atoms with Crippen molar-refractivity contribution in [3.05, 3.63) is 89.3 Å². The summed E-state index contributed by atoms with van der Waals surface area (Å²) in [6, 6.07) is 7.88. The second kappa shape index (κ2) is 10.1. The molecule has 0 aliphatic carbocycles. The minimum absolute atomic E-state index is 0.0271. The van der Waals surface area contributed by atoms with E-state index in [0.29, 0.717) is 56.9 Å². The van der Waals surface area contributed by atoms with Crippen molar-refractivity contribution in [2.45, 2.75) is 59.0 Å². The topological polar surface area (TPSA) is 104 Å². The van der Waals surface area contributed by atoms with Crippen LogP contribution >= 0.6 is 31.9 Å². The van der Waals surface area contributed by atoms with Gasteiger partial charge in [-0.25, -0.2) is 9.59 Å². The van der Waals surface area contributed by atoms with Crippen molar-refractivity contribution < 1.29 is 29.6 Å². The monoisotopic (exact) mass is 630 g/mol. The Morgan fingerprint density at radius 3 is 1.73 bits per heavy atom. The molecule has 194 valence electrons. The molecule has 0 amide bonds. The Hall–Kier alpha value is -2.84. The van der Waals surface area contributed by atoms with Crippen molar-refractivity contribution in [1.82, 2.24) is 0 Å². The Balaban J connectivity index is 2.39. The maximum Gasteiger partial charge on any atom is 0.340 e. The molecular weight excluding hydrogens is 604 g/mol. The van der Waals surface area contributed by atoms with E-state index < -0.39 is 17.5 Å². The first-order valence-electron chi connectivity index (χ1n) is 12.3. The Kier molecular flexibility index (Phi) is 7.45. The van der Waals surface area contributed by atoms with Gasteiger partial charge in [0.15, 0.2) is 5.60 Å². The summed E-state index contributed by atoms with van der Waals surface area (Å²) in [6.07, 6.45) is 1.88. The van der Waals surface area contributed by atoms with Crippen molar-refractivity contribution in [2.24, 2.45) is 0 Å².